The summed E-state index contributed by atoms with van der Waals surface area (Å²) in [7, 11) is 0. The van der Waals surface area contributed by atoms with Crippen LogP contribution in [0.4, 0.5) is 22.7 Å². The van der Waals surface area contributed by atoms with Crippen LogP contribution in [0.15, 0.2) is 78.0 Å². The molecule has 10 heteroatoms. The number of azo groups is 1. The Morgan fingerprint density at radius 2 is 1.58 bits per heavy atom. The van der Waals surface area contributed by atoms with Crippen LogP contribution in [0.3, 0.4) is 0 Å². The average molecular weight is 452 g/mol. The standard InChI is InChI=1S/C23H24N4O6/c1-4-22(28)32-14-12-26(13-15-33-23(29)5-2)20-10-11-21(17(3)16-20)25-24-18-6-8-19(9-7-18)27(30)31/h4-11,16H,1-2,12-15H2,3H3/b25-24+. The molecule has 33 heavy (non-hydrogen) atoms. The van der Waals surface area contributed by atoms with E-state index in [2.05, 4.69) is 23.4 Å². The molecule has 10 nitrogen and oxygen atoms in total. The number of carbonyl (C=O) groups excluding carboxylic acids is 2. The maximum absolute atomic E-state index is 11.3. The number of anilines is 1. The van der Waals surface area contributed by atoms with Gasteiger partial charge < -0.3 is 14.4 Å². The normalized spacial score (nSPS) is 10.5. The third-order valence-corrected chi connectivity index (χ3v) is 4.42. The minimum Gasteiger partial charge on any atom is -0.461 e. The van der Waals surface area contributed by atoms with Crippen molar-refractivity contribution in [2.45, 2.75) is 6.92 Å². The topological polar surface area (TPSA) is 124 Å². The Labute approximate surface area is 191 Å². The van der Waals surface area contributed by atoms with E-state index in [4.69, 9.17) is 9.47 Å². The number of nitro benzene ring substituents is 1. The molecule has 0 radical (unpaired) electrons. The molecule has 0 saturated heterocycles. The van der Waals surface area contributed by atoms with Gasteiger partial charge in [-0.1, -0.05) is 13.2 Å². The summed E-state index contributed by atoms with van der Waals surface area (Å²) >= 11 is 0. The zero-order chi connectivity index (χ0) is 24.2. The summed E-state index contributed by atoms with van der Waals surface area (Å²) in [6.45, 7) is 9.58. The quantitative estimate of drug-likeness (QED) is 0.152. The summed E-state index contributed by atoms with van der Waals surface area (Å²) < 4.78 is 10.1. The highest BCUT2D eigenvalue weighted by molar-refractivity contribution is 5.81. The number of aryl methyl sites for hydroxylation is 1. The van der Waals surface area contributed by atoms with Crippen molar-refractivity contribution in [2.75, 3.05) is 31.2 Å². The lowest BCUT2D eigenvalue weighted by molar-refractivity contribution is -0.384. The molecule has 172 valence electrons. The van der Waals surface area contributed by atoms with Gasteiger partial charge in [0.25, 0.3) is 5.69 Å². The van der Waals surface area contributed by atoms with Gasteiger partial charge in [0.1, 0.15) is 13.2 Å². The van der Waals surface area contributed by atoms with Gasteiger partial charge in [0.05, 0.1) is 29.4 Å². The molecule has 0 aliphatic heterocycles. The van der Waals surface area contributed by atoms with Crippen LogP contribution in [0.5, 0.6) is 0 Å². The van der Waals surface area contributed by atoms with Crippen LogP contribution in [0, 0.1) is 17.0 Å². The van der Waals surface area contributed by atoms with Crippen LogP contribution in [0.2, 0.25) is 0 Å². The summed E-state index contributed by atoms with van der Waals surface area (Å²) in [5.41, 5.74) is 2.72. The molecule has 0 aliphatic carbocycles. The van der Waals surface area contributed by atoms with E-state index in [0.717, 1.165) is 23.4 Å². The Morgan fingerprint density at radius 3 is 2.06 bits per heavy atom. The highest BCUT2D eigenvalue weighted by Gasteiger charge is 2.11. The predicted molar refractivity (Wildman–Crippen MR) is 123 cm³/mol. The Kier molecular flexibility index (Phi) is 9.44. The number of hydrogen-bond donors (Lipinski definition) is 0. The van der Waals surface area contributed by atoms with Crippen LogP contribution in [-0.2, 0) is 19.1 Å². The van der Waals surface area contributed by atoms with Gasteiger partial charge in [-0.2, -0.15) is 10.2 Å². The van der Waals surface area contributed by atoms with Crippen molar-refractivity contribution < 1.29 is 24.0 Å². The Morgan fingerprint density at radius 1 is 1.00 bits per heavy atom. The smallest absolute Gasteiger partial charge is 0.330 e. The average Bonchev–Trinajstić information content (AvgIpc) is 2.82. The van der Waals surface area contributed by atoms with E-state index < -0.39 is 16.9 Å². The summed E-state index contributed by atoms with van der Waals surface area (Å²) in [5, 5.41) is 19.1. The Hall–Kier alpha value is -4.34. The Balaban J connectivity index is 2.12. The molecular formula is C23H24N4O6. The predicted octanol–water partition coefficient (Wildman–Crippen LogP) is 4.58. The molecule has 2 aromatic rings. The zero-order valence-corrected chi connectivity index (χ0v) is 18.2. The fourth-order valence-electron chi connectivity index (χ4n) is 2.70. The molecule has 0 unspecified atom stereocenters. The molecule has 0 saturated carbocycles. The molecule has 2 rings (SSSR count). The van der Waals surface area contributed by atoms with E-state index in [0.29, 0.717) is 24.5 Å². The lowest BCUT2D eigenvalue weighted by Crippen LogP contribution is -2.32. The number of rotatable bonds is 12. The molecule has 0 amide bonds. The molecule has 0 heterocycles. The second-order valence-electron chi connectivity index (χ2n) is 6.67. The maximum Gasteiger partial charge on any atom is 0.330 e. The lowest BCUT2D eigenvalue weighted by Gasteiger charge is -2.25. The molecular weight excluding hydrogens is 428 g/mol. The molecule has 0 fully saturated rings. The second-order valence-corrected chi connectivity index (χ2v) is 6.67. The number of non-ortho nitro benzene ring substituents is 1. The van der Waals surface area contributed by atoms with Gasteiger partial charge >= 0.3 is 11.9 Å². The maximum atomic E-state index is 11.3. The lowest BCUT2D eigenvalue weighted by atomic mass is 10.1. The minimum absolute atomic E-state index is 0.0212. The van der Waals surface area contributed by atoms with Crippen molar-refractivity contribution in [3.05, 3.63) is 83.5 Å². The van der Waals surface area contributed by atoms with Gasteiger partial charge in [0.15, 0.2) is 0 Å². The minimum atomic E-state index is -0.522. The summed E-state index contributed by atoms with van der Waals surface area (Å²) in [6.07, 6.45) is 2.18. The highest BCUT2D eigenvalue weighted by atomic mass is 16.6. The summed E-state index contributed by atoms with van der Waals surface area (Å²) in [6, 6.07) is 11.2. The van der Waals surface area contributed by atoms with Crippen molar-refractivity contribution in [1.29, 1.82) is 0 Å². The first-order chi connectivity index (χ1) is 15.8. The first kappa shape index (κ1) is 24.9. The number of benzene rings is 2. The fraction of sp³-hybridized carbons (Fsp3) is 0.217. The second kappa shape index (κ2) is 12.5. The zero-order valence-electron chi connectivity index (χ0n) is 18.2. The first-order valence-corrected chi connectivity index (χ1v) is 9.94. The SMILES string of the molecule is C=CC(=O)OCCN(CCOC(=O)C=C)c1ccc(/N=N/c2ccc([N+](=O)[O-])cc2)c(C)c1. The largest absolute Gasteiger partial charge is 0.461 e. The van der Waals surface area contributed by atoms with E-state index in [9.17, 15) is 19.7 Å². The highest BCUT2D eigenvalue weighted by Crippen LogP contribution is 2.27. The van der Waals surface area contributed by atoms with Crippen LogP contribution in [0.1, 0.15) is 5.56 Å². The molecule has 0 atom stereocenters. The van der Waals surface area contributed by atoms with Gasteiger partial charge in [0.2, 0.25) is 0 Å². The molecule has 0 aromatic heterocycles. The third-order valence-electron chi connectivity index (χ3n) is 4.42. The van der Waals surface area contributed by atoms with E-state index in [1.165, 1.54) is 24.3 Å². The van der Waals surface area contributed by atoms with E-state index in [1.54, 1.807) is 6.07 Å². The van der Waals surface area contributed by atoms with Gasteiger partial charge in [-0.3, -0.25) is 10.1 Å². The number of esters is 2. The number of carbonyl (C=O) groups is 2. The van der Waals surface area contributed by atoms with Gasteiger partial charge in [-0.25, -0.2) is 9.59 Å². The van der Waals surface area contributed by atoms with E-state index >= 15 is 0 Å². The summed E-state index contributed by atoms with van der Waals surface area (Å²) in [4.78, 5) is 34.8. The molecule has 0 aliphatic rings. The van der Waals surface area contributed by atoms with E-state index in [-0.39, 0.29) is 18.9 Å². The summed E-state index contributed by atoms with van der Waals surface area (Å²) in [5.74, 6) is -1.04. The molecule has 0 bridgehead atoms. The van der Waals surface area contributed by atoms with E-state index in [1.807, 2.05) is 24.0 Å². The number of hydrogen-bond acceptors (Lipinski definition) is 9. The number of ether oxygens (including phenoxy) is 2. The van der Waals surface area contributed by atoms with Gasteiger partial charge in [-0.05, 0) is 42.8 Å². The third kappa shape index (κ3) is 8.02. The Bertz CT molecular complexity index is 1020. The van der Waals surface area contributed by atoms with Crippen molar-refractivity contribution in [3.63, 3.8) is 0 Å². The van der Waals surface area contributed by atoms with Crippen LogP contribution in [0.25, 0.3) is 0 Å². The van der Waals surface area contributed by atoms with Crippen LogP contribution in [-0.4, -0.2) is 43.2 Å². The molecule has 0 spiro atoms. The van der Waals surface area contributed by atoms with Crippen LogP contribution >= 0.6 is 0 Å². The van der Waals surface area contributed by atoms with Crippen LogP contribution < -0.4 is 4.90 Å². The fourth-order valence-corrected chi connectivity index (χ4v) is 2.70. The van der Waals surface area contributed by atoms with Crippen molar-refractivity contribution in [3.8, 4) is 0 Å². The van der Waals surface area contributed by atoms with Crippen molar-refractivity contribution in [2.24, 2.45) is 10.2 Å². The van der Waals surface area contributed by atoms with Crippen molar-refractivity contribution >= 4 is 34.7 Å². The number of nitro groups is 1. The number of nitrogens with zero attached hydrogens (tertiary/aromatic N) is 4. The van der Waals surface area contributed by atoms with Gasteiger partial charge in [0, 0.05) is 30.0 Å². The monoisotopic (exact) mass is 452 g/mol. The van der Waals surface area contributed by atoms with Gasteiger partial charge in [-0.15, -0.1) is 0 Å². The molecule has 2 aromatic carbocycles. The first-order valence-electron chi connectivity index (χ1n) is 9.94. The van der Waals surface area contributed by atoms with Crippen molar-refractivity contribution in [1.82, 2.24) is 0 Å². The molecule has 0 N–H and O–H groups in total.